The van der Waals surface area contributed by atoms with E-state index in [9.17, 15) is 9.59 Å². The number of carbonyl (C=O) groups excluding carboxylic acids is 1. The third kappa shape index (κ3) is 3.12. The molecule has 0 aliphatic carbocycles. The molecule has 106 valence electrons. The summed E-state index contributed by atoms with van der Waals surface area (Å²) in [6, 6.07) is 1.33. The van der Waals surface area contributed by atoms with Crippen LogP contribution >= 0.6 is 0 Å². The Morgan fingerprint density at radius 1 is 1.58 bits per heavy atom. The highest BCUT2D eigenvalue weighted by atomic mass is 16.5. The van der Waals surface area contributed by atoms with Gasteiger partial charge in [-0.1, -0.05) is 0 Å². The van der Waals surface area contributed by atoms with Gasteiger partial charge < -0.3 is 14.4 Å². The van der Waals surface area contributed by atoms with Gasteiger partial charge in [0.1, 0.15) is 5.76 Å². The van der Waals surface area contributed by atoms with E-state index in [1.807, 2.05) is 11.8 Å². The van der Waals surface area contributed by atoms with Gasteiger partial charge in [0.15, 0.2) is 0 Å². The first-order chi connectivity index (χ1) is 9.01. The zero-order chi connectivity index (χ0) is 14.0. The Balaban J connectivity index is 2.05. The molecule has 2 rings (SSSR count). The van der Waals surface area contributed by atoms with Crippen LogP contribution in [0.3, 0.4) is 0 Å². The molecular formula is C12H18N2O5. The van der Waals surface area contributed by atoms with Crippen LogP contribution in [-0.4, -0.2) is 59.1 Å². The van der Waals surface area contributed by atoms with Crippen LogP contribution in [0.1, 0.15) is 17.5 Å². The Labute approximate surface area is 110 Å². The fourth-order valence-electron chi connectivity index (χ4n) is 2.07. The van der Waals surface area contributed by atoms with Gasteiger partial charge in [-0.3, -0.25) is 14.5 Å². The van der Waals surface area contributed by atoms with Gasteiger partial charge in [0, 0.05) is 18.7 Å². The number of morpholine rings is 1. The van der Waals surface area contributed by atoms with E-state index in [1.165, 1.54) is 6.07 Å². The molecule has 1 fully saturated rings. The normalized spacial score (nSPS) is 24.6. The van der Waals surface area contributed by atoms with Crippen molar-refractivity contribution in [1.29, 1.82) is 0 Å². The van der Waals surface area contributed by atoms with Gasteiger partial charge in [-0.15, -0.1) is 4.74 Å². The van der Waals surface area contributed by atoms with Gasteiger partial charge in [-0.2, -0.15) is 0 Å². The second kappa shape index (κ2) is 5.68. The van der Waals surface area contributed by atoms with E-state index >= 15 is 0 Å². The SMILES string of the molecule is Cc1cc(=O)n(C(=O)CN2CC(CO)OCC2C)o1. The number of aliphatic hydroxyl groups excluding tert-OH is 1. The maximum absolute atomic E-state index is 12.0. The predicted octanol–water partition coefficient (Wildman–Crippen LogP) is -0.528. The van der Waals surface area contributed by atoms with Crippen molar-refractivity contribution in [2.24, 2.45) is 0 Å². The number of aromatic nitrogens is 1. The van der Waals surface area contributed by atoms with Crippen molar-refractivity contribution < 1.29 is 19.2 Å². The lowest BCUT2D eigenvalue weighted by Gasteiger charge is -2.36. The smallest absolute Gasteiger partial charge is 0.290 e. The number of nitrogens with zero attached hydrogens (tertiary/aromatic N) is 2. The molecule has 1 aliphatic heterocycles. The molecule has 1 saturated heterocycles. The molecule has 1 aliphatic rings. The minimum absolute atomic E-state index is 0.0542. The van der Waals surface area contributed by atoms with Crippen LogP contribution in [0, 0.1) is 6.92 Å². The second-order valence-electron chi connectivity index (χ2n) is 4.79. The summed E-state index contributed by atoms with van der Waals surface area (Å²) in [4.78, 5) is 25.4. The fourth-order valence-corrected chi connectivity index (χ4v) is 2.07. The lowest BCUT2D eigenvalue weighted by molar-refractivity contribution is -0.0757. The molecule has 0 radical (unpaired) electrons. The highest BCUT2D eigenvalue weighted by Crippen LogP contribution is 2.11. The molecule has 7 nitrogen and oxygen atoms in total. The van der Waals surface area contributed by atoms with Gasteiger partial charge in [0.05, 0.1) is 25.9 Å². The van der Waals surface area contributed by atoms with Crippen LogP contribution in [0.15, 0.2) is 15.4 Å². The van der Waals surface area contributed by atoms with E-state index in [0.29, 0.717) is 18.9 Å². The van der Waals surface area contributed by atoms with E-state index < -0.39 is 11.5 Å². The van der Waals surface area contributed by atoms with Crippen LogP contribution in [0.2, 0.25) is 0 Å². The molecule has 7 heteroatoms. The zero-order valence-corrected chi connectivity index (χ0v) is 11.0. The second-order valence-corrected chi connectivity index (χ2v) is 4.79. The summed E-state index contributed by atoms with van der Waals surface area (Å²) in [5.41, 5.74) is -0.456. The first-order valence-electron chi connectivity index (χ1n) is 6.21. The Bertz CT molecular complexity index is 506. The van der Waals surface area contributed by atoms with Crippen LogP contribution in [0.25, 0.3) is 0 Å². The highest BCUT2D eigenvalue weighted by molar-refractivity contribution is 5.79. The van der Waals surface area contributed by atoms with E-state index in [-0.39, 0.29) is 25.3 Å². The highest BCUT2D eigenvalue weighted by Gasteiger charge is 2.28. The van der Waals surface area contributed by atoms with Crippen molar-refractivity contribution in [1.82, 2.24) is 9.64 Å². The Hall–Kier alpha value is -1.44. The Morgan fingerprint density at radius 3 is 2.89 bits per heavy atom. The first-order valence-corrected chi connectivity index (χ1v) is 6.21. The number of aliphatic hydroxyl groups is 1. The molecule has 2 heterocycles. The summed E-state index contributed by atoms with van der Waals surface area (Å²) in [5.74, 6) is -0.00912. The van der Waals surface area contributed by atoms with E-state index in [0.717, 1.165) is 4.74 Å². The maximum Gasteiger partial charge on any atom is 0.290 e. The monoisotopic (exact) mass is 270 g/mol. The average molecular weight is 270 g/mol. The zero-order valence-electron chi connectivity index (χ0n) is 11.0. The minimum Gasteiger partial charge on any atom is -0.394 e. The molecule has 19 heavy (non-hydrogen) atoms. The number of hydrogen-bond acceptors (Lipinski definition) is 6. The van der Waals surface area contributed by atoms with Crippen molar-refractivity contribution >= 4 is 5.91 Å². The quantitative estimate of drug-likeness (QED) is 0.795. The van der Waals surface area contributed by atoms with E-state index in [4.69, 9.17) is 14.4 Å². The Kier molecular flexibility index (Phi) is 4.18. The largest absolute Gasteiger partial charge is 0.394 e. The van der Waals surface area contributed by atoms with Crippen LogP contribution < -0.4 is 5.56 Å². The van der Waals surface area contributed by atoms with E-state index in [1.54, 1.807) is 6.92 Å². The summed E-state index contributed by atoms with van der Waals surface area (Å²) < 4.78 is 11.2. The molecule has 1 N–H and O–H groups in total. The molecule has 0 spiro atoms. The van der Waals surface area contributed by atoms with Crippen molar-refractivity contribution in [2.75, 3.05) is 26.3 Å². The summed E-state index contributed by atoms with van der Waals surface area (Å²) in [5, 5.41) is 9.08. The summed E-state index contributed by atoms with van der Waals surface area (Å²) in [6.45, 7) is 4.43. The van der Waals surface area contributed by atoms with Crippen molar-refractivity contribution in [3.8, 4) is 0 Å². The molecular weight excluding hydrogens is 252 g/mol. The van der Waals surface area contributed by atoms with Gasteiger partial charge in [-0.05, 0) is 13.8 Å². The number of rotatable bonds is 3. The first kappa shape index (κ1) is 14.0. The van der Waals surface area contributed by atoms with Crippen molar-refractivity contribution in [3.63, 3.8) is 0 Å². The average Bonchev–Trinajstić information content (AvgIpc) is 2.71. The molecule has 1 aromatic rings. The molecule has 0 saturated carbocycles. The summed E-state index contributed by atoms with van der Waals surface area (Å²) >= 11 is 0. The number of carbonyl (C=O) groups is 1. The van der Waals surface area contributed by atoms with Crippen LogP contribution in [-0.2, 0) is 4.74 Å². The fraction of sp³-hybridized carbons (Fsp3) is 0.667. The maximum atomic E-state index is 12.0. The minimum atomic E-state index is -0.456. The number of ether oxygens (including phenoxy) is 1. The van der Waals surface area contributed by atoms with Gasteiger partial charge in [0.2, 0.25) is 0 Å². The third-order valence-corrected chi connectivity index (χ3v) is 3.17. The van der Waals surface area contributed by atoms with Gasteiger partial charge in [0.25, 0.3) is 11.5 Å². The number of hydrogen-bond donors (Lipinski definition) is 1. The topological polar surface area (TPSA) is 84.9 Å². The third-order valence-electron chi connectivity index (χ3n) is 3.17. The molecule has 0 aromatic carbocycles. The summed E-state index contributed by atoms with van der Waals surface area (Å²) in [6.07, 6.45) is -0.293. The predicted molar refractivity (Wildman–Crippen MR) is 66.2 cm³/mol. The molecule has 1 aromatic heterocycles. The van der Waals surface area contributed by atoms with Gasteiger partial charge in [-0.25, -0.2) is 0 Å². The molecule has 0 amide bonds. The number of aryl methyl sites for hydroxylation is 1. The molecule has 0 bridgehead atoms. The molecule has 2 unspecified atom stereocenters. The van der Waals surface area contributed by atoms with Crippen LogP contribution in [0.5, 0.6) is 0 Å². The lowest BCUT2D eigenvalue weighted by atomic mass is 10.2. The van der Waals surface area contributed by atoms with E-state index in [2.05, 4.69) is 0 Å². The standard InChI is InChI=1S/C12H18N2O5/c1-8-7-18-10(6-15)4-13(8)5-12(17)14-11(16)3-9(2)19-14/h3,8,10,15H,4-7H2,1-2H3. The van der Waals surface area contributed by atoms with Crippen molar-refractivity contribution in [2.45, 2.75) is 26.0 Å². The lowest BCUT2D eigenvalue weighted by Crippen LogP contribution is -2.52. The van der Waals surface area contributed by atoms with Gasteiger partial charge >= 0.3 is 0 Å². The Morgan fingerprint density at radius 2 is 2.32 bits per heavy atom. The summed E-state index contributed by atoms with van der Waals surface area (Å²) in [7, 11) is 0. The van der Waals surface area contributed by atoms with Crippen LogP contribution in [0.4, 0.5) is 0 Å². The van der Waals surface area contributed by atoms with Crippen molar-refractivity contribution in [3.05, 3.63) is 22.2 Å². The molecule has 2 atom stereocenters.